The summed E-state index contributed by atoms with van der Waals surface area (Å²) in [4.78, 5) is 23.0. The van der Waals surface area contributed by atoms with E-state index < -0.39 is 5.41 Å². The molecule has 2 saturated heterocycles. The number of fused-ring (bicyclic) bond motifs is 1. The van der Waals surface area contributed by atoms with E-state index in [1.807, 2.05) is 69.3 Å². The van der Waals surface area contributed by atoms with Gasteiger partial charge in [-0.25, -0.2) is 9.79 Å². The van der Waals surface area contributed by atoms with Gasteiger partial charge in [-0.3, -0.25) is 25.6 Å². The normalized spacial score (nSPS) is 20.8. The van der Waals surface area contributed by atoms with Gasteiger partial charge in [0.25, 0.3) is 0 Å². The molecule has 3 fully saturated rings. The summed E-state index contributed by atoms with van der Waals surface area (Å²) >= 11 is 0. The maximum absolute atomic E-state index is 13.7. The topological polar surface area (TPSA) is 164 Å². The fraction of sp³-hybridized carbons (Fsp3) is 0.512. The number of ether oxygens (including phenoxy) is 3. The van der Waals surface area contributed by atoms with Crippen LogP contribution < -0.4 is 25.6 Å². The molecular formula is C43H57N9O4. The van der Waals surface area contributed by atoms with Crippen molar-refractivity contribution in [2.24, 2.45) is 10.4 Å². The lowest BCUT2D eigenvalue weighted by Crippen LogP contribution is -2.50. The molecule has 2 amide bonds. The minimum Gasteiger partial charge on any atom is -0.492 e. The first-order chi connectivity index (χ1) is 27.0. The van der Waals surface area contributed by atoms with E-state index in [-0.39, 0.29) is 35.6 Å². The summed E-state index contributed by atoms with van der Waals surface area (Å²) in [6, 6.07) is 18.4. The summed E-state index contributed by atoms with van der Waals surface area (Å²) in [5, 5.41) is 32.6. The Hall–Kier alpha value is -5.01. The zero-order valence-electron chi connectivity index (χ0n) is 33.0. The van der Waals surface area contributed by atoms with Crippen molar-refractivity contribution in [3.63, 3.8) is 0 Å². The predicted molar refractivity (Wildman–Crippen MR) is 217 cm³/mol. The highest BCUT2D eigenvalue weighted by Crippen LogP contribution is 2.48. The minimum atomic E-state index is -0.395. The maximum atomic E-state index is 13.7. The van der Waals surface area contributed by atoms with Crippen molar-refractivity contribution in [3.8, 4) is 11.5 Å². The molecule has 3 heterocycles. The van der Waals surface area contributed by atoms with Gasteiger partial charge in [-0.05, 0) is 85.8 Å². The molecule has 2 aliphatic carbocycles. The van der Waals surface area contributed by atoms with Crippen molar-refractivity contribution in [1.29, 1.82) is 16.2 Å². The molecule has 0 radical (unpaired) electrons. The molecule has 1 saturated carbocycles. The molecule has 4 aliphatic rings. The smallest absolute Gasteiger partial charge is 0.320 e. The zero-order chi connectivity index (χ0) is 39.3. The molecule has 56 heavy (non-hydrogen) atoms. The third kappa shape index (κ3) is 9.50. The van der Waals surface area contributed by atoms with Crippen LogP contribution in [0.15, 0.2) is 71.9 Å². The van der Waals surface area contributed by atoms with Crippen LogP contribution in [0.1, 0.15) is 95.4 Å². The van der Waals surface area contributed by atoms with Gasteiger partial charge in [0.2, 0.25) is 5.96 Å². The van der Waals surface area contributed by atoms with E-state index in [9.17, 15) is 4.79 Å². The van der Waals surface area contributed by atoms with Gasteiger partial charge >= 0.3 is 6.03 Å². The highest BCUT2D eigenvalue weighted by atomic mass is 16.5. The van der Waals surface area contributed by atoms with Gasteiger partial charge < -0.3 is 29.8 Å². The second kappa shape index (κ2) is 17.0. The van der Waals surface area contributed by atoms with E-state index in [4.69, 9.17) is 35.4 Å². The molecule has 0 bridgehead atoms. The van der Waals surface area contributed by atoms with E-state index in [2.05, 4.69) is 20.4 Å². The molecule has 13 nitrogen and oxygen atoms in total. The third-order valence-electron chi connectivity index (χ3n) is 11.5. The number of aromatic nitrogens is 1. The van der Waals surface area contributed by atoms with Crippen LogP contribution in [0.2, 0.25) is 0 Å². The first kappa shape index (κ1) is 39.2. The SMILES string of the molecule is CC(C)(C)C(=N)CC(=Nc1cccc(OCCN2CCOCC2)c1)NC(=O)NC1CCC(Oc2ccc(=N)n(C(=N)N3CCCCC34CC4)c2)c2ccccc21. The van der Waals surface area contributed by atoms with Crippen LogP contribution in [0.25, 0.3) is 0 Å². The summed E-state index contributed by atoms with van der Waals surface area (Å²) in [7, 11) is 0. The van der Waals surface area contributed by atoms with Crippen LogP contribution in [-0.2, 0) is 4.74 Å². The summed E-state index contributed by atoms with van der Waals surface area (Å²) in [6.07, 6.45) is 8.60. The molecule has 2 atom stereocenters. The van der Waals surface area contributed by atoms with Gasteiger partial charge in [0, 0.05) is 49.9 Å². The summed E-state index contributed by atoms with van der Waals surface area (Å²) < 4.78 is 19.7. The van der Waals surface area contributed by atoms with Gasteiger partial charge in [0.05, 0.1) is 31.1 Å². The Morgan fingerprint density at radius 2 is 1.73 bits per heavy atom. The average Bonchev–Trinajstić information content (AvgIpc) is 3.95. The van der Waals surface area contributed by atoms with Crippen LogP contribution in [0, 0.1) is 21.6 Å². The highest BCUT2D eigenvalue weighted by molar-refractivity contribution is 6.09. The monoisotopic (exact) mass is 763 g/mol. The Balaban J connectivity index is 1.02. The van der Waals surface area contributed by atoms with Crippen molar-refractivity contribution in [1.82, 2.24) is 25.0 Å². The fourth-order valence-electron chi connectivity index (χ4n) is 7.92. The van der Waals surface area contributed by atoms with Gasteiger partial charge in [-0.2, -0.15) is 0 Å². The number of aliphatic imine (C=N–C) groups is 1. The van der Waals surface area contributed by atoms with Crippen LogP contribution in [0.4, 0.5) is 10.5 Å². The number of rotatable bonds is 10. The van der Waals surface area contributed by atoms with Gasteiger partial charge in [0.1, 0.15) is 35.5 Å². The number of hydrogen-bond donors (Lipinski definition) is 5. The van der Waals surface area contributed by atoms with E-state index in [0.717, 1.165) is 76.2 Å². The molecule has 5 N–H and O–H groups in total. The number of carbonyl (C=O) groups is 1. The first-order valence-corrected chi connectivity index (χ1v) is 20.1. The minimum absolute atomic E-state index is 0.0897. The number of piperidine rings is 1. The van der Waals surface area contributed by atoms with Crippen molar-refractivity contribution >= 4 is 29.2 Å². The molecule has 2 aliphatic heterocycles. The molecule has 1 aromatic heterocycles. The number of benzene rings is 2. The second-order valence-corrected chi connectivity index (χ2v) is 16.5. The molecule has 13 heteroatoms. The number of amidine groups is 1. The van der Waals surface area contributed by atoms with Crippen LogP contribution >= 0.6 is 0 Å². The number of pyridine rings is 1. The van der Waals surface area contributed by atoms with Crippen molar-refractivity contribution in [2.75, 3.05) is 46.0 Å². The first-order valence-electron chi connectivity index (χ1n) is 20.1. The summed E-state index contributed by atoms with van der Waals surface area (Å²) in [5.41, 5.74) is 3.00. The molecule has 2 unspecified atom stereocenters. The van der Waals surface area contributed by atoms with Crippen LogP contribution in [0.3, 0.4) is 0 Å². The fourth-order valence-corrected chi connectivity index (χ4v) is 7.92. The zero-order valence-corrected chi connectivity index (χ0v) is 33.0. The lowest BCUT2D eigenvalue weighted by Gasteiger charge is -2.38. The maximum Gasteiger partial charge on any atom is 0.320 e. The van der Waals surface area contributed by atoms with E-state index in [1.165, 1.54) is 6.42 Å². The Labute approximate surface area is 330 Å². The van der Waals surface area contributed by atoms with Crippen molar-refractivity contribution in [2.45, 2.75) is 89.8 Å². The number of carbonyl (C=O) groups excluding carboxylic acids is 1. The van der Waals surface area contributed by atoms with E-state index >= 15 is 0 Å². The lowest BCUT2D eigenvalue weighted by molar-refractivity contribution is 0.0322. The molecule has 298 valence electrons. The standard InChI is InChI=1S/C43H57N9O4/c1-42(2,3)37(44)28-39(47-30-9-8-10-31(27-30)55-26-23-50-21-24-54-25-22-50)49-41(53)48-35-14-15-36(34-12-5-4-11-33(34)35)56-32-13-16-38(45)51(29-32)40(46)52-20-7-6-17-43(52)18-19-43/h4-5,8-13,16,27,29,35-36,44-46H,6-7,14-15,17-26,28H2,1-3H3,(H2,47,48,49,53). The lowest BCUT2D eigenvalue weighted by atomic mass is 9.85. The Bertz CT molecular complexity index is 1990. The van der Waals surface area contributed by atoms with Crippen molar-refractivity contribution in [3.05, 3.63) is 83.5 Å². The number of amides is 2. The van der Waals surface area contributed by atoms with E-state index in [1.54, 1.807) is 22.9 Å². The Morgan fingerprint density at radius 1 is 0.946 bits per heavy atom. The van der Waals surface area contributed by atoms with Gasteiger partial charge in [-0.15, -0.1) is 0 Å². The second-order valence-electron chi connectivity index (χ2n) is 16.5. The summed E-state index contributed by atoms with van der Waals surface area (Å²) in [5.74, 6) is 2.03. The highest BCUT2D eigenvalue weighted by Gasteiger charge is 2.50. The Kier molecular flexibility index (Phi) is 11.9. The Morgan fingerprint density at radius 3 is 2.50 bits per heavy atom. The van der Waals surface area contributed by atoms with E-state index in [0.29, 0.717) is 54.1 Å². The number of nitrogens with zero attached hydrogens (tertiary/aromatic N) is 4. The predicted octanol–water partition coefficient (Wildman–Crippen LogP) is 6.92. The van der Waals surface area contributed by atoms with Gasteiger partial charge in [0.15, 0.2) is 0 Å². The average molecular weight is 764 g/mol. The third-order valence-corrected chi connectivity index (χ3v) is 11.5. The number of morpholine rings is 1. The number of hydrogen-bond acceptors (Lipinski definition) is 9. The molecule has 7 rings (SSSR count). The van der Waals surface area contributed by atoms with Gasteiger partial charge in [-0.1, -0.05) is 51.1 Å². The number of urea groups is 1. The molecule has 1 spiro atoms. The van der Waals surface area contributed by atoms with Crippen molar-refractivity contribution < 1.29 is 19.0 Å². The molecule has 2 aromatic carbocycles. The number of likely N-dealkylation sites (tertiary alicyclic amines) is 1. The van der Waals surface area contributed by atoms with Crippen LogP contribution in [0.5, 0.6) is 11.5 Å². The summed E-state index contributed by atoms with van der Waals surface area (Å²) in [6.45, 7) is 11.4. The largest absolute Gasteiger partial charge is 0.492 e. The quantitative estimate of drug-likeness (QED) is 0.111. The van der Waals surface area contributed by atoms with Crippen LogP contribution in [-0.4, -0.2) is 89.4 Å². The molecular weight excluding hydrogens is 707 g/mol. The number of nitrogens with one attached hydrogen (secondary N) is 5. The molecule has 3 aromatic rings.